The number of ether oxygens (including phenoxy) is 1. The van der Waals surface area contributed by atoms with Gasteiger partial charge in [-0.1, -0.05) is 29.8 Å². The number of halogens is 3. The number of carbonyl (C=O) groups is 2. The number of hydrogen-bond donors (Lipinski definition) is 1. The molecule has 0 radical (unpaired) electrons. The zero-order chi connectivity index (χ0) is 22.5. The molecule has 30 heavy (non-hydrogen) atoms. The second kappa shape index (κ2) is 9.78. The molecule has 168 valence electrons. The molecule has 2 fully saturated rings. The van der Waals surface area contributed by atoms with E-state index in [-0.39, 0.29) is 11.5 Å². The first-order valence-corrected chi connectivity index (χ1v) is 9.82. The summed E-state index contributed by atoms with van der Waals surface area (Å²) in [6.07, 6.45) is -2.29. The average Bonchev–Trinajstić information content (AvgIpc) is 2.62. The van der Waals surface area contributed by atoms with Crippen LogP contribution in [0.4, 0.5) is 13.2 Å². The van der Waals surface area contributed by atoms with Crippen LogP contribution in [0.2, 0.25) is 0 Å². The number of likely N-dealkylation sites (tertiary alicyclic amines) is 1. The molecular weight excluding hydrogens is 401 g/mol. The van der Waals surface area contributed by atoms with Crippen LogP contribution in [0.5, 0.6) is 0 Å². The Morgan fingerprint density at radius 3 is 2.23 bits per heavy atom. The first kappa shape index (κ1) is 24.1. The van der Waals surface area contributed by atoms with Crippen LogP contribution in [0.1, 0.15) is 24.0 Å². The highest BCUT2D eigenvalue weighted by Gasteiger charge is 2.48. The molecule has 1 aromatic rings. The molecule has 9 heteroatoms. The van der Waals surface area contributed by atoms with Gasteiger partial charge < -0.3 is 19.6 Å². The van der Waals surface area contributed by atoms with E-state index in [1.165, 1.54) is 12.0 Å². The number of rotatable bonds is 4. The van der Waals surface area contributed by atoms with Crippen LogP contribution in [-0.4, -0.2) is 78.9 Å². The highest BCUT2D eigenvalue weighted by molar-refractivity contribution is 5.80. The van der Waals surface area contributed by atoms with Crippen molar-refractivity contribution >= 4 is 11.9 Å². The van der Waals surface area contributed by atoms with Crippen molar-refractivity contribution in [1.82, 2.24) is 9.80 Å². The molecule has 6 nitrogen and oxygen atoms in total. The van der Waals surface area contributed by atoms with Gasteiger partial charge in [0.1, 0.15) is 5.60 Å². The van der Waals surface area contributed by atoms with Gasteiger partial charge >= 0.3 is 12.1 Å². The molecule has 3 rings (SSSR count). The van der Waals surface area contributed by atoms with Gasteiger partial charge in [-0.05, 0) is 45.3 Å². The monoisotopic (exact) mass is 430 g/mol. The van der Waals surface area contributed by atoms with Crippen molar-refractivity contribution in [1.29, 1.82) is 0 Å². The predicted molar refractivity (Wildman–Crippen MR) is 105 cm³/mol. The van der Waals surface area contributed by atoms with Gasteiger partial charge in [-0.15, -0.1) is 0 Å². The lowest BCUT2D eigenvalue weighted by atomic mass is 9.82. The van der Waals surface area contributed by atoms with Gasteiger partial charge in [0.15, 0.2) is 0 Å². The van der Waals surface area contributed by atoms with Crippen LogP contribution in [-0.2, 0) is 20.7 Å². The Balaban J connectivity index is 0.000000396. The average molecular weight is 430 g/mol. The summed E-state index contributed by atoms with van der Waals surface area (Å²) in [4.78, 5) is 25.5. The maximum absolute atomic E-state index is 12.4. The van der Waals surface area contributed by atoms with E-state index in [0.717, 1.165) is 38.2 Å². The Morgan fingerprint density at radius 1 is 1.23 bits per heavy atom. The van der Waals surface area contributed by atoms with Crippen molar-refractivity contribution in [2.45, 2.75) is 38.0 Å². The summed E-state index contributed by atoms with van der Waals surface area (Å²) < 4.78 is 37.9. The van der Waals surface area contributed by atoms with Gasteiger partial charge in [0.05, 0.1) is 26.1 Å². The summed E-state index contributed by atoms with van der Waals surface area (Å²) in [5, 5.41) is 7.12. The lowest BCUT2D eigenvalue weighted by Gasteiger charge is -2.53. The third-order valence-corrected chi connectivity index (χ3v) is 5.29. The molecule has 1 atom stereocenters. The van der Waals surface area contributed by atoms with E-state index in [1.807, 2.05) is 17.0 Å². The molecule has 2 aliphatic heterocycles. The minimum absolute atomic E-state index is 0.0499. The SMILES string of the molecule is Cc1ccc(CC(=O)N2CC3(CCC(CN(C)C)CO3)C2)cc1.O=C(O)C(F)(F)F. The quantitative estimate of drug-likeness (QED) is 0.796. The number of carboxylic acids is 1. The number of hydrogen-bond acceptors (Lipinski definition) is 4. The van der Waals surface area contributed by atoms with Crippen LogP contribution >= 0.6 is 0 Å². The lowest BCUT2D eigenvalue weighted by molar-refractivity contribution is -0.192. The second-order valence-electron chi connectivity index (χ2n) is 8.38. The molecule has 0 aromatic heterocycles. The van der Waals surface area contributed by atoms with E-state index < -0.39 is 12.1 Å². The Bertz CT molecular complexity index is 719. The number of carbonyl (C=O) groups excluding carboxylic acids is 1. The molecule has 1 amide bonds. The molecule has 0 aliphatic carbocycles. The molecule has 1 unspecified atom stereocenters. The number of carboxylic acid groups (broad SMARTS) is 1. The van der Waals surface area contributed by atoms with Crippen molar-refractivity contribution in [2.75, 3.05) is 40.3 Å². The number of alkyl halides is 3. The fourth-order valence-corrected chi connectivity index (χ4v) is 3.65. The molecule has 2 aliphatic rings. The van der Waals surface area contributed by atoms with Crippen LogP contribution < -0.4 is 0 Å². The summed E-state index contributed by atoms with van der Waals surface area (Å²) in [5.41, 5.74) is 2.27. The van der Waals surface area contributed by atoms with Crippen LogP contribution in [0, 0.1) is 12.8 Å². The molecule has 2 saturated heterocycles. The number of nitrogens with zero attached hydrogens (tertiary/aromatic N) is 2. The first-order valence-electron chi connectivity index (χ1n) is 9.82. The minimum Gasteiger partial charge on any atom is -0.475 e. The maximum Gasteiger partial charge on any atom is 0.490 e. The molecule has 1 aromatic carbocycles. The summed E-state index contributed by atoms with van der Waals surface area (Å²) in [7, 11) is 4.22. The third kappa shape index (κ3) is 6.98. The van der Waals surface area contributed by atoms with Gasteiger partial charge in [0.25, 0.3) is 0 Å². The van der Waals surface area contributed by atoms with Gasteiger partial charge in [-0.25, -0.2) is 4.79 Å². The van der Waals surface area contributed by atoms with Crippen LogP contribution in [0.25, 0.3) is 0 Å². The largest absolute Gasteiger partial charge is 0.490 e. The lowest BCUT2D eigenvalue weighted by Crippen LogP contribution is -2.66. The van der Waals surface area contributed by atoms with Crippen molar-refractivity contribution in [3.05, 3.63) is 35.4 Å². The Hall–Kier alpha value is -2.13. The van der Waals surface area contributed by atoms with Gasteiger partial charge in [-0.2, -0.15) is 13.2 Å². The van der Waals surface area contributed by atoms with Crippen LogP contribution in [0.15, 0.2) is 24.3 Å². The smallest absolute Gasteiger partial charge is 0.475 e. The third-order valence-electron chi connectivity index (χ3n) is 5.29. The van der Waals surface area contributed by atoms with Crippen LogP contribution in [0.3, 0.4) is 0 Å². The second-order valence-corrected chi connectivity index (χ2v) is 8.38. The van der Waals surface area contributed by atoms with E-state index in [2.05, 4.69) is 38.1 Å². The van der Waals surface area contributed by atoms with Crippen molar-refractivity contribution in [3.8, 4) is 0 Å². The van der Waals surface area contributed by atoms with E-state index in [0.29, 0.717) is 12.3 Å². The highest BCUT2D eigenvalue weighted by atomic mass is 19.4. The molecular formula is C21H29F3N2O4. The zero-order valence-corrected chi connectivity index (χ0v) is 17.5. The Labute approximate surface area is 174 Å². The van der Waals surface area contributed by atoms with Crippen molar-refractivity contribution in [2.24, 2.45) is 5.92 Å². The number of amides is 1. The van der Waals surface area contributed by atoms with Crippen molar-refractivity contribution < 1.29 is 32.6 Å². The fraction of sp³-hybridized carbons (Fsp3) is 0.619. The molecule has 1 spiro atoms. The van der Waals surface area contributed by atoms with E-state index in [4.69, 9.17) is 14.6 Å². The number of aliphatic carboxylic acids is 1. The Kier molecular flexibility index (Phi) is 7.87. The van der Waals surface area contributed by atoms with E-state index >= 15 is 0 Å². The molecule has 0 bridgehead atoms. The summed E-state index contributed by atoms with van der Waals surface area (Å²) in [5.74, 6) is -1.90. The maximum atomic E-state index is 12.4. The first-order chi connectivity index (χ1) is 13.9. The normalized spacial score (nSPS) is 20.4. The van der Waals surface area contributed by atoms with Crippen molar-refractivity contribution in [3.63, 3.8) is 0 Å². The number of benzene rings is 1. The molecule has 0 saturated carbocycles. The standard InChI is InChI=1S/C19H28N2O2.C2HF3O2/c1-15-4-6-16(7-5-15)10-18(22)21-13-19(14-21)9-8-17(12-23-19)11-20(2)3;3-2(4,5)1(6)7/h4-7,17H,8-14H2,1-3H3;(H,6,7). The molecule has 2 heterocycles. The van der Waals surface area contributed by atoms with E-state index in [1.54, 1.807) is 0 Å². The Morgan fingerprint density at radius 2 is 1.80 bits per heavy atom. The summed E-state index contributed by atoms with van der Waals surface area (Å²) in [6, 6.07) is 8.22. The summed E-state index contributed by atoms with van der Waals surface area (Å²) >= 11 is 0. The topological polar surface area (TPSA) is 70.1 Å². The fourth-order valence-electron chi connectivity index (χ4n) is 3.65. The van der Waals surface area contributed by atoms with E-state index in [9.17, 15) is 18.0 Å². The predicted octanol–water partition coefficient (Wildman–Crippen LogP) is 2.74. The van der Waals surface area contributed by atoms with Gasteiger partial charge in [0.2, 0.25) is 5.91 Å². The van der Waals surface area contributed by atoms with Gasteiger partial charge in [0, 0.05) is 6.54 Å². The zero-order valence-electron chi connectivity index (χ0n) is 17.5. The summed E-state index contributed by atoms with van der Waals surface area (Å²) in [6.45, 7) is 5.53. The molecule has 1 N–H and O–H groups in total. The van der Waals surface area contributed by atoms with Gasteiger partial charge in [-0.3, -0.25) is 4.79 Å². The highest BCUT2D eigenvalue weighted by Crippen LogP contribution is 2.36. The minimum atomic E-state index is -5.08. The number of aryl methyl sites for hydroxylation is 1.